The molecule has 0 bridgehead atoms. The molecule has 32 heavy (non-hydrogen) atoms. The molecule has 1 aromatic heterocycles. The van der Waals surface area contributed by atoms with E-state index in [0.29, 0.717) is 12.4 Å². The van der Waals surface area contributed by atoms with E-state index < -0.39 is 17.5 Å². The Kier molecular flexibility index (Phi) is 5.94. The number of fused-ring (bicyclic) bond motifs is 1. The minimum absolute atomic E-state index is 0.0658. The molecule has 0 amide bonds. The molecular formula is C26H19NO5. The quantitative estimate of drug-likeness (QED) is 0.315. The van der Waals surface area contributed by atoms with Crippen molar-refractivity contribution in [3.63, 3.8) is 0 Å². The van der Waals surface area contributed by atoms with Crippen molar-refractivity contribution in [1.82, 2.24) is 4.98 Å². The number of hydrogen-bond acceptors (Lipinski definition) is 5. The molecule has 158 valence electrons. The zero-order valence-corrected chi connectivity index (χ0v) is 16.9. The van der Waals surface area contributed by atoms with Crippen molar-refractivity contribution in [2.75, 3.05) is 0 Å². The zero-order chi connectivity index (χ0) is 22.5. The smallest absolute Gasteiger partial charge is 0.339 e. The van der Waals surface area contributed by atoms with Crippen LogP contribution in [0.5, 0.6) is 11.5 Å². The first-order chi connectivity index (χ1) is 15.5. The number of carbonyl (C=O) groups excluding carboxylic acids is 1. The second kappa shape index (κ2) is 9.14. The van der Waals surface area contributed by atoms with Crippen molar-refractivity contribution < 1.29 is 24.5 Å². The van der Waals surface area contributed by atoms with Gasteiger partial charge in [0.25, 0.3) is 0 Å². The number of nitrogens with zero attached hydrogens (tertiary/aromatic N) is 1. The largest absolute Gasteiger partial charge is 0.506 e. The van der Waals surface area contributed by atoms with Crippen molar-refractivity contribution in [3.8, 4) is 11.5 Å². The van der Waals surface area contributed by atoms with Crippen molar-refractivity contribution in [3.05, 3.63) is 107 Å². The Balaban J connectivity index is 1.40. The summed E-state index contributed by atoms with van der Waals surface area (Å²) in [5.74, 6) is -1.67. The number of aromatic nitrogens is 1. The van der Waals surface area contributed by atoms with Crippen LogP contribution in [-0.2, 0) is 6.61 Å². The Morgan fingerprint density at radius 2 is 1.62 bits per heavy atom. The molecule has 0 atom stereocenters. The van der Waals surface area contributed by atoms with Gasteiger partial charge in [-0.2, -0.15) is 0 Å². The molecule has 0 aliphatic carbocycles. The lowest BCUT2D eigenvalue weighted by Gasteiger charge is -2.07. The van der Waals surface area contributed by atoms with Gasteiger partial charge in [0.05, 0.1) is 16.8 Å². The van der Waals surface area contributed by atoms with E-state index in [-0.39, 0.29) is 11.1 Å². The molecule has 0 spiro atoms. The fourth-order valence-corrected chi connectivity index (χ4v) is 3.20. The van der Waals surface area contributed by atoms with E-state index in [9.17, 15) is 14.7 Å². The highest BCUT2D eigenvalue weighted by atomic mass is 16.5. The summed E-state index contributed by atoms with van der Waals surface area (Å²) in [5, 5.41) is 20.2. The van der Waals surface area contributed by atoms with Gasteiger partial charge in [-0.1, -0.05) is 48.5 Å². The summed E-state index contributed by atoms with van der Waals surface area (Å²) in [6.07, 6.45) is 2.87. The van der Waals surface area contributed by atoms with E-state index in [1.54, 1.807) is 30.3 Å². The first kappa shape index (κ1) is 20.8. The Labute approximate surface area is 184 Å². The number of hydrogen-bond donors (Lipinski definition) is 2. The van der Waals surface area contributed by atoms with Gasteiger partial charge in [0.1, 0.15) is 23.7 Å². The monoisotopic (exact) mass is 425 g/mol. The summed E-state index contributed by atoms with van der Waals surface area (Å²) in [7, 11) is 0. The van der Waals surface area contributed by atoms with Crippen LogP contribution in [0.25, 0.3) is 17.0 Å². The van der Waals surface area contributed by atoms with Crippen LogP contribution in [0.4, 0.5) is 0 Å². The van der Waals surface area contributed by atoms with E-state index in [2.05, 4.69) is 4.98 Å². The van der Waals surface area contributed by atoms with Gasteiger partial charge < -0.3 is 14.9 Å². The summed E-state index contributed by atoms with van der Waals surface area (Å²) in [4.78, 5) is 28.0. The molecule has 2 N–H and O–H groups in total. The van der Waals surface area contributed by atoms with Crippen LogP contribution < -0.4 is 4.74 Å². The van der Waals surface area contributed by atoms with Gasteiger partial charge in [0, 0.05) is 5.39 Å². The molecule has 0 fully saturated rings. The van der Waals surface area contributed by atoms with Gasteiger partial charge in [-0.05, 0) is 48.0 Å². The number of allylic oxidation sites excluding steroid dienone is 1. The van der Waals surface area contributed by atoms with Gasteiger partial charge in [-0.3, -0.25) is 4.79 Å². The van der Waals surface area contributed by atoms with Gasteiger partial charge in [-0.15, -0.1) is 0 Å². The zero-order valence-electron chi connectivity index (χ0n) is 16.9. The third kappa shape index (κ3) is 4.65. The Hall–Kier alpha value is -4.45. The minimum Gasteiger partial charge on any atom is -0.506 e. The molecule has 0 saturated carbocycles. The van der Waals surface area contributed by atoms with Crippen LogP contribution in [0.15, 0.2) is 84.9 Å². The predicted octanol–water partition coefficient (Wildman–Crippen LogP) is 5.11. The molecule has 1 heterocycles. The third-order valence-corrected chi connectivity index (χ3v) is 4.88. The average molecular weight is 425 g/mol. The fraction of sp³-hybridized carbons (Fsp3) is 0.0385. The highest BCUT2D eigenvalue weighted by molar-refractivity contribution is 6.10. The van der Waals surface area contributed by atoms with Crippen molar-refractivity contribution >= 4 is 28.7 Å². The van der Waals surface area contributed by atoms with Crippen LogP contribution in [-0.4, -0.2) is 26.9 Å². The number of ketones is 1. The lowest BCUT2D eigenvalue weighted by atomic mass is 10.0. The maximum absolute atomic E-state index is 12.4. The highest BCUT2D eigenvalue weighted by Gasteiger charge is 2.16. The van der Waals surface area contributed by atoms with E-state index in [1.165, 1.54) is 24.3 Å². The summed E-state index contributed by atoms with van der Waals surface area (Å²) in [6.45, 7) is 0.331. The molecule has 0 aliphatic rings. The molecule has 6 heteroatoms. The summed E-state index contributed by atoms with van der Waals surface area (Å²) in [6, 6.07) is 23.0. The lowest BCUT2D eigenvalue weighted by Crippen LogP contribution is -2.02. The van der Waals surface area contributed by atoms with E-state index in [1.807, 2.05) is 36.4 Å². The van der Waals surface area contributed by atoms with Gasteiger partial charge in [0.2, 0.25) is 0 Å². The maximum Gasteiger partial charge on any atom is 0.339 e. The summed E-state index contributed by atoms with van der Waals surface area (Å²) < 4.78 is 5.80. The van der Waals surface area contributed by atoms with Crippen molar-refractivity contribution in [2.45, 2.75) is 6.61 Å². The molecule has 0 radical (unpaired) electrons. The summed E-state index contributed by atoms with van der Waals surface area (Å²) in [5.41, 5.74) is 2.11. The number of carboxylic acid groups (broad SMARTS) is 1. The number of rotatable bonds is 7. The van der Waals surface area contributed by atoms with Gasteiger partial charge in [0.15, 0.2) is 5.78 Å². The average Bonchev–Trinajstić information content (AvgIpc) is 2.81. The third-order valence-electron chi connectivity index (χ3n) is 4.88. The normalized spacial score (nSPS) is 11.0. The molecule has 6 nitrogen and oxygen atoms in total. The Bertz CT molecular complexity index is 1330. The summed E-state index contributed by atoms with van der Waals surface area (Å²) >= 11 is 0. The standard InChI is InChI=1S/C26H19NO5/c28-24(21-5-3-6-22(25(21)29)26(30)31)15-10-17-8-13-20(14-9-17)32-16-19-12-11-18-4-1-2-7-23(18)27-19/h1-15,29H,16H2,(H,30,31). The number of aromatic hydroxyl groups is 1. The maximum atomic E-state index is 12.4. The van der Waals surface area contributed by atoms with E-state index >= 15 is 0 Å². The molecule has 0 aliphatic heterocycles. The Morgan fingerprint density at radius 3 is 2.41 bits per heavy atom. The lowest BCUT2D eigenvalue weighted by molar-refractivity contribution is 0.0693. The number of phenols is 1. The van der Waals surface area contributed by atoms with Gasteiger partial charge in [-0.25, -0.2) is 9.78 Å². The van der Waals surface area contributed by atoms with Gasteiger partial charge >= 0.3 is 5.97 Å². The molecule has 4 rings (SSSR count). The number of ether oxygens (including phenoxy) is 1. The highest BCUT2D eigenvalue weighted by Crippen LogP contribution is 2.24. The van der Waals surface area contributed by atoms with Crippen LogP contribution in [0.1, 0.15) is 32.0 Å². The molecular weight excluding hydrogens is 406 g/mol. The molecule has 0 unspecified atom stereocenters. The minimum atomic E-state index is -1.30. The number of carboxylic acids is 1. The van der Waals surface area contributed by atoms with Crippen LogP contribution in [0.2, 0.25) is 0 Å². The van der Waals surface area contributed by atoms with E-state index in [4.69, 9.17) is 9.84 Å². The Morgan fingerprint density at radius 1 is 0.875 bits per heavy atom. The van der Waals surface area contributed by atoms with Crippen LogP contribution in [0.3, 0.4) is 0 Å². The SMILES string of the molecule is O=C(O)c1cccc(C(=O)C=Cc2ccc(OCc3ccc4ccccc4n3)cc2)c1O. The van der Waals surface area contributed by atoms with Crippen molar-refractivity contribution in [2.24, 2.45) is 0 Å². The number of pyridine rings is 1. The van der Waals surface area contributed by atoms with Crippen LogP contribution >= 0.6 is 0 Å². The first-order valence-electron chi connectivity index (χ1n) is 9.86. The molecule has 4 aromatic rings. The second-order valence-electron chi connectivity index (χ2n) is 7.06. The molecule has 3 aromatic carbocycles. The molecule has 0 saturated heterocycles. The van der Waals surface area contributed by atoms with Crippen LogP contribution in [0, 0.1) is 0 Å². The van der Waals surface area contributed by atoms with Crippen molar-refractivity contribution in [1.29, 1.82) is 0 Å². The topological polar surface area (TPSA) is 96.7 Å². The predicted molar refractivity (Wildman–Crippen MR) is 121 cm³/mol. The second-order valence-corrected chi connectivity index (χ2v) is 7.06. The number of aromatic carboxylic acids is 1. The number of benzene rings is 3. The first-order valence-corrected chi connectivity index (χ1v) is 9.86. The fourth-order valence-electron chi connectivity index (χ4n) is 3.20. The number of para-hydroxylation sites is 2. The van der Waals surface area contributed by atoms with E-state index in [0.717, 1.165) is 22.2 Å². The number of carbonyl (C=O) groups is 2.